The molecule has 0 spiro atoms. The number of hydrogen-bond acceptors (Lipinski definition) is 4. The van der Waals surface area contributed by atoms with Gasteiger partial charge in [-0.1, -0.05) is 81.4 Å². The SMILES string of the molecule is CC(C)(C)[Si](C)(C)OC1([C@@H](NC(=O)OCc2ccccc2)c2nc(-c3cc(F)ccc3F)cn2Cc2ccccc2)CC1. The summed E-state index contributed by atoms with van der Waals surface area (Å²) in [6.45, 7) is 11.4. The summed E-state index contributed by atoms with van der Waals surface area (Å²) < 4.78 is 43.8. The molecule has 1 atom stereocenters. The highest BCUT2D eigenvalue weighted by molar-refractivity contribution is 6.74. The zero-order valence-electron chi connectivity index (χ0n) is 25.4. The molecule has 0 radical (unpaired) electrons. The summed E-state index contributed by atoms with van der Waals surface area (Å²) in [5.74, 6) is -0.646. The number of carbonyl (C=O) groups excluding carboxylic acids is 1. The fourth-order valence-electron chi connectivity index (χ4n) is 4.94. The van der Waals surface area contributed by atoms with Gasteiger partial charge in [-0.15, -0.1) is 0 Å². The predicted molar refractivity (Wildman–Crippen MR) is 166 cm³/mol. The van der Waals surface area contributed by atoms with Gasteiger partial charge in [0.2, 0.25) is 0 Å². The third-order valence-corrected chi connectivity index (χ3v) is 13.0. The van der Waals surface area contributed by atoms with E-state index in [4.69, 9.17) is 14.1 Å². The Kier molecular flexibility index (Phi) is 8.58. The van der Waals surface area contributed by atoms with Crippen molar-refractivity contribution >= 4 is 14.4 Å². The Morgan fingerprint density at radius 3 is 2.23 bits per heavy atom. The van der Waals surface area contributed by atoms with Crippen molar-refractivity contribution in [3.05, 3.63) is 114 Å². The number of nitrogens with one attached hydrogen (secondary N) is 1. The van der Waals surface area contributed by atoms with Crippen LogP contribution in [0.4, 0.5) is 13.6 Å². The van der Waals surface area contributed by atoms with E-state index in [1.54, 1.807) is 6.20 Å². The van der Waals surface area contributed by atoms with Crippen molar-refractivity contribution in [1.29, 1.82) is 0 Å². The zero-order valence-corrected chi connectivity index (χ0v) is 26.4. The van der Waals surface area contributed by atoms with Crippen molar-refractivity contribution in [2.24, 2.45) is 0 Å². The molecule has 43 heavy (non-hydrogen) atoms. The highest BCUT2D eigenvalue weighted by atomic mass is 28.4. The Balaban J connectivity index is 1.57. The third kappa shape index (κ3) is 7.05. The molecule has 1 amide bonds. The van der Waals surface area contributed by atoms with Crippen LogP contribution in [0.1, 0.15) is 56.6 Å². The van der Waals surface area contributed by atoms with Crippen LogP contribution < -0.4 is 5.32 Å². The van der Waals surface area contributed by atoms with E-state index in [1.165, 1.54) is 0 Å². The van der Waals surface area contributed by atoms with Gasteiger partial charge in [-0.25, -0.2) is 18.6 Å². The molecule has 3 aromatic carbocycles. The molecule has 226 valence electrons. The highest BCUT2D eigenvalue weighted by Gasteiger charge is 2.58. The van der Waals surface area contributed by atoms with Gasteiger partial charge in [-0.3, -0.25) is 0 Å². The molecule has 5 rings (SSSR count). The normalized spacial score (nSPS) is 15.1. The topological polar surface area (TPSA) is 65.4 Å². The molecule has 1 aromatic heterocycles. The van der Waals surface area contributed by atoms with Gasteiger partial charge in [0.1, 0.15) is 30.1 Å². The van der Waals surface area contributed by atoms with E-state index in [0.29, 0.717) is 25.2 Å². The first kappa shape index (κ1) is 30.6. The number of nitrogens with zero attached hydrogens (tertiary/aromatic N) is 2. The van der Waals surface area contributed by atoms with Crippen LogP contribution in [0.3, 0.4) is 0 Å². The maximum absolute atomic E-state index is 15.0. The molecule has 1 fully saturated rings. The van der Waals surface area contributed by atoms with Gasteiger partial charge in [-0.2, -0.15) is 0 Å². The predicted octanol–water partition coefficient (Wildman–Crippen LogP) is 8.40. The lowest BCUT2D eigenvalue weighted by Crippen LogP contribution is -2.50. The number of halogens is 2. The van der Waals surface area contributed by atoms with Gasteiger partial charge in [0, 0.05) is 18.3 Å². The van der Waals surface area contributed by atoms with Gasteiger partial charge in [-0.05, 0) is 60.3 Å². The second kappa shape index (κ2) is 12.0. The van der Waals surface area contributed by atoms with Crippen LogP contribution in [0.25, 0.3) is 11.3 Å². The molecule has 1 N–H and O–H groups in total. The molecule has 4 aromatic rings. The molecule has 0 unspecified atom stereocenters. The summed E-state index contributed by atoms with van der Waals surface area (Å²) in [4.78, 5) is 18.2. The molecule has 1 aliphatic carbocycles. The van der Waals surface area contributed by atoms with Crippen molar-refractivity contribution < 1.29 is 22.7 Å². The lowest BCUT2D eigenvalue weighted by Gasteiger charge is -2.42. The van der Waals surface area contributed by atoms with E-state index < -0.39 is 37.7 Å². The summed E-state index contributed by atoms with van der Waals surface area (Å²) in [7, 11) is -2.30. The number of rotatable bonds is 10. The van der Waals surface area contributed by atoms with E-state index in [-0.39, 0.29) is 22.9 Å². The number of ether oxygens (including phenoxy) is 1. The molecule has 1 saturated carbocycles. The fourth-order valence-corrected chi connectivity index (χ4v) is 6.58. The summed E-state index contributed by atoms with van der Waals surface area (Å²) >= 11 is 0. The summed E-state index contributed by atoms with van der Waals surface area (Å²) in [5.41, 5.74) is 1.46. The Morgan fingerprint density at radius 2 is 1.63 bits per heavy atom. The van der Waals surface area contributed by atoms with E-state index in [9.17, 15) is 13.6 Å². The van der Waals surface area contributed by atoms with E-state index in [1.807, 2.05) is 65.2 Å². The molecule has 6 nitrogen and oxygen atoms in total. The average Bonchev–Trinajstić information content (AvgIpc) is 3.62. The van der Waals surface area contributed by atoms with Crippen molar-refractivity contribution in [1.82, 2.24) is 14.9 Å². The van der Waals surface area contributed by atoms with Crippen molar-refractivity contribution in [3.8, 4) is 11.3 Å². The maximum atomic E-state index is 15.0. The Morgan fingerprint density at radius 1 is 1.00 bits per heavy atom. The number of hydrogen-bond donors (Lipinski definition) is 1. The van der Waals surface area contributed by atoms with Crippen LogP contribution >= 0.6 is 0 Å². The van der Waals surface area contributed by atoms with Gasteiger partial charge in [0.05, 0.1) is 11.3 Å². The second-order valence-corrected chi connectivity index (χ2v) is 17.5. The third-order valence-electron chi connectivity index (χ3n) is 8.47. The zero-order chi connectivity index (χ0) is 30.8. The number of alkyl carbamates (subject to hydrolysis) is 1. The van der Waals surface area contributed by atoms with Gasteiger partial charge >= 0.3 is 6.09 Å². The molecule has 1 heterocycles. The lowest BCUT2D eigenvalue weighted by atomic mass is 10.1. The molecule has 0 bridgehead atoms. The van der Waals surface area contributed by atoms with Crippen molar-refractivity contribution in [2.75, 3.05) is 0 Å². The van der Waals surface area contributed by atoms with Crippen LogP contribution in [-0.2, 0) is 22.3 Å². The first-order chi connectivity index (χ1) is 20.4. The minimum Gasteiger partial charge on any atom is -0.445 e. The standard InChI is InChI=1S/C34H39F2N3O3Si/c1-33(2,3)43(4,5)42-34(18-19-34)30(38-32(40)41-23-25-14-10-7-11-15-25)31-37-29(27-20-26(35)16-17-28(27)36)22-39(31)21-24-12-8-6-9-13-24/h6-17,20,22,30H,18-19,21,23H2,1-5H3,(H,38,40)/t30-/m0/s1. The number of carbonyl (C=O) groups is 1. The van der Waals surface area contributed by atoms with Crippen molar-refractivity contribution in [2.45, 2.75) is 76.5 Å². The van der Waals surface area contributed by atoms with Gasteiger partial charge in [0.25, 0.3) is 0 Å². The van der Waals surface area contributed by atoms with Crippen LogP contribution in [0.5, 0.6) is 0 Å². The van der Waals surface area contributed by atoms with Crippen LogP contribution in [0.2, 0.25) is 18.1 Å². The minimum absolute atomic E-state index is 0.0497. The lowest BCUT2D eigenvalue weighted by molar-refractivity contribution is 0.0885. The van der Waals surface area contributed by atoms with Gasteiger partial charge < -0.3 is 19.0 Å². The Hall–Kier alpha value is -3.82. The largest absolute Gasteiger partial charge is 0.445 e. The number of imidazole rings is 1. The molecular formula is C34H39F2N3O3Si. The van der Waals surface area contributed by atoms with E-state index in [2.05, 4.69) is 39.2 Å². The van der Waals surface area contributed by atoms with Crippen LogP contribution in [0.15, 0.2) is 85.1 Å². The Labute approximate surface area is 253 Å². The smallest absolute Gasteiger partial charge is 0.408 e. The van der Waals surface area contributed by atoms with Crippen LogP contribution in [0, 0.1) is 11.6 Å². The molecule has 0 aliphatic heterocycles. The summed E-state index contributed by atoms with van der Waals surface area (Å²) in [6.07, 6.45) is 2.54. The minimum atomic E-state index is -2.30. The van der Waals surface area contributed by atoms with Crippen LogP contribution in [-0.4, -0.2) is 29.6 Å². The second-order valence-electron chi connectivity index (χ2n) is 12.8. The van der Waals surface area contributed by atoms with Gasteiger partial charge in [0.15, 0.2) is 8.32 Å². The fraction of sp³-hybridized carbons (Fsp3) is 0.353. The number of amides is 1. The summed E-state index contributed by atoms with van der Waals surface area (Å²) in [5, 5.41) is 3.01. The molecule has 0 saturated heterocycles. The molecular weight excluding hydrogens is 564 g/mol. The quantitative estimate of drug-likeness (QED) is 0.185. The van der Waals surface area contributed by atoms with E-state index in [0.717, 1.165) is 29.3 Å². The average molecular weight is 604 g/mol. The Bertz CT molecular complexity index is 1570. The first-order valence-electron chi connectivity index (χ1n) is 14.6. The van der Waals surface area contributed by atoms with E-state index >= 15 is 0 Å². The summed E-state index contributed by atoms with van der Waals surface area (Å²) in [6, 6.07) is 21.9. The highest BCUT2D eigenvalue weighted by Crippen LogP contribution is 2.54. The maximum Gasteiger partial charge on any atom is 0.408 e. The van der Waals surface area contributed by atoms with Crippen molar-refractivity contribution in [3.63, 3.8) is 0 Å². The monoisotopic (exact) mass is 603 g/mol. The number of aromatic nitrogens is 2. The molecule has 1 aliphatic rings. The number of benzene rings is 3. The first-order valence-corrected chi connectivity index (χ1v) is 17.5. The molecule has 9 heteroatoms.